The Balaban J connectivity index is 1.53. The molecule has 1 amide bonds. The van der Waals surface area contributed by atoms with Gasteiger partial charge in [0, 0.05) is 35.5 Å². The van der Waals surface area contributed by atoms with Gasteiger partial charge in [-0.15, -0.1) is 0 Å². The van der Waals surface area contributed by atoms with Gasteiger partial charge in [0.1, 0.15) is 29.5 Å². The van der Waals surface area contributed by atoms with E-state index < -0.39 is 57.6 Å². The molecule has 1 atom stereocenters. The van der Waals surface area contributed by atoms with Crippen molar-refractivity contribution in [3.05, 3.63) is 93.0 Å². The molecule has 18 heteroatoms. The lowest BCUT2D eigenvalue weighted by molar-refractivity contribution is -0.142. The highest BCUT2D eigenvalue weighted by Crippen LogP contribution is 2.40. The quantitative estimate of drug-likeness (QED) is 0.118. The number of sulfonamides is 1. The van der Waals surface area contributed by atoms with Crippen LogP contribution in [-0.2, 0) is 53.8 Å². The Morgan fingerprint density at radius 3 is 2.36 bits per heavy atom. The van der Waals surface area contributed by atoms with E-state index in [0.29, 0.717) is 47.7 Å². The number of aryl methyl sites for hydroxylation is 1. The van der Waals surface area contributed by atoms with Crippen LogP contribution in [0.3, 0.4) is 0 Å². The summed E-state index contributed by atoms with van der Waals surface area (Å²) in [5, 5.41) is 21.7. The number of nitrogens with zero attached hydrogens (tertiary/aromatic N) is 5. The van der Waals surface area contributed by atoms with Crippen LogP contribution in [0.25, 0.3) is 22.0 Å². The van der Waals surface area contributed by atoms with Crippen molar-refractivity contribution >= 4 is 44.3 Å². The Kier molecular flexibility index (Phi) is 10.7. The van der Waals surface area contributed by atoms with E-state index in [4.69, 9.17) is 16.6 Å². The molecule has 0 aliphatic heterocycles. The maximum Gasteiger partial charge on any atom is 0.435 e. The van der Waals surface area contributed by atoms with Gasteiger partial charge in [0.25, 0.3) is 0 Å². The Labute approximate surface area is 317 Å². The van der Waals surface area contributed by atoms with Gasteiger partial charge in [0.15, 0.2) is 11.5 Å². The number of aromatic nitrogens is 5. The van der Waals surface area contributed by atoms with Crippen LogP contribution in [0.15, 0.2) is 42.5 Å². The van der Waals surface area contributed by atoms with Crippen molar-refractivity contribution < 1.29 is 40.3 Å². The molecule has 3 aromatic heterocycles. The zero-order chi connectivity index (χ0) is 40.0. The molecule has 1 aliphatic rings. The first-order valence-corrected chi connectivity index (χ1v) is 19.2. The third-order valence-corrected chi connectivity index (χ3v) is 9.66. The number of anilines is 1. The van der Waals surface area contributed by atoms with Gasteiger partial charge in [-0.3, -0.25) is 18.9 Å². The predicted octanol–water partition coefficient (Wildman–Crippen LogP) is 6.26. The van der Waals surface area contributed by atoms with Crippen LogP contribution in [0.2, 0.25) is 5.02 Å². The van der Waals surface area contributed by atoms with Crippen molar-refractivity contribution in [2.24, 2.45) is 7.05 Å². The SMILES string of the molecule is Cn1nc(NS(C)(=O)=O)c2c(Cl)ccc(-c3ccc(C#CC(C)(C)O)nc3C(Cc3cc(F)cc(F)c3)NC(=O)Cn3nc(C(F)(F)F)c4c3CCCC4)c21. The summed E-state index contributed by atoms with van der Waals surface area (Å²) < 4.78 is 100. The first-order chi connectivity index (χ1) is 25.7. The summed E-state index contributed by atoms with van der Waals surface area (Å²) >= 11 is 6.59. The molecule has 2 aromatic carbocycles. The standard InChI is InChI=1S/C37H35ClF5N7O4S/c1-36(2,52)14-13-23-9-10-24(25-11-12-27(38)31-33(25)49(3)47-35(31)48-55(4,53)54)32(44-23)28(17-20-15-21(39)18-22(40)16-20)45-30(51)19-50-29-8-6-5-7-26(29)34(46-50)37(41,42)43/h9-12,15-16,18,28,52H,5-8,17,19H2,1-4H3,(H,45,51)(H,47,48). The van der Waals surface area contributed by atoms with Crippen molar-refractivity contribution in [3.8, 4) is 23.0 Å². The van der Waals surface area contributed by atoms with Gasteiger partial charge >= 0.3 is 6.18 Å². The smallest absolute Gasteiger partial charge is 0.378 e. The third kappa shape index (κ3) is 9.09. The van der Waals surface area contributed by atoms with Crippen molar-refractivity contribution in [1.82, 2.24) is 29.9 Å². The number of halogens is 6. The number of alkyl halides is 3. The molecule has 290 valence electrons. The molecule has 0 bridgehead atoms. The summed E-state index contributed by atoms with van der Waals surface area (Å²) in [6, 6.07) is 7.91. The number of hydrogen-bond donors (Lipinski definition) is 3. The average molecular weight is 804 g/mol. The molecular weight excluding hydrogens is 769 g/mol. The monoisotopic (exact) mass is 803 g/mol. The molecular formula is C37H35ClF5N7O4S. The average Bonchev–Trinajstić information content (AvgIpc) is 3.60. The second-order valence-electron chi connectivity index (χ2n) is 13.8. The molecule has 0 saturated carbocycles. The molecule has 3 N–H and O–H groups in total. The fraction of sp³-hybridized carbons (Fsp3) is 0.351. The molecule has 1 unspecified atom stereocenters. The number of benzene rings is 2. The summed E-state index contributed by atoms with van der Waals surface area (Å²) in [5.74, 6) is 2.86. The van der Waals surface area contributed by atoms with E-state index in [2.05, 4.69) is 32.1 Å². The normalized spacial score (nSPS) is 13.9. The van der Waals surface area contributed by atoms with Crippen LogP contribution in [-0.4, -0.2) is 55.8 Å². The number of carbonyl (C=O) groups excluding carboxylic acids is 1. The van der Waals surface area contributed by atoms with Crippen LogP contribution < -0.4 is 10.0 Å². The van der Waals surface area contributed by atoms with E-state index in [1.165, 1.54) is 24.6 Å². The number of rotatable bonds is 9. The molecule has 0 spiro atoms. The third-order valence-electron chi connectivity index (χ3n) is 8.78. The fourth-order valence-corrected chi connectivity index (χ4v) is 7.42. The maximum atomic E-state index is 14.5. The van der Waals surface area contributed by atoms with E-state index >= 15 is 0 Å². The van der Waals surface area contributed by atoms with E-state index in [9.17, 15) is 40.3 Å². The van der Waals surface area contributed by atoms with Crippen molar-refractivity contribution in [2.45, 2.75) is 70.3 Å². The number of nitrogens with one attached hydrogen (secondary N) is 2. The molecule has 1 aliphatic carbocycles. The number of aliphatic hydroxyl groups is 1. The summed E-state index contributed by atoms with van der Waals surface area (Å²) in [7, 11) is -2.24. The van der Waals surface area contributed by atoms with Gasteiger partial charge in [-0.05, 0) is 87.8 Å². The van der Waals surface area contributed by atoms with Crippen molar-refractivity contribution in [2.75, 3.05) is 11.0 Å². The van der Waals surface area contributed by atoms with E-state index in [0.717, 1.165) is 23.1 Å². The molecule has 3 heterocycles. The molecule has 0 fully saturated rings. The van der Waals surface area contributed by atoms with Crippen LogP contribution in [0.1, 0.15) is 66.6 Å². The zero-order valence-electron chi connectivity index (χ0n) is 29.9. The summed E-state index contributed by atoms with van der Waals surface area (Å²) in [5.41, 5.74) is -0.669. The Morgan fingerprint density at radius 1 is 1.04 bits per heavy atom. The number of amides is 1. The fourth-order valence-electron chi connectivity index (χ4n) is 6.68. The number of carbonyl (C=O) groups is 1. The van der Waals surface area contributed by atoms with Gasteiger partial charge in [0.05, 0.1) is 33.9 Å². The van der Waals surface area contributed by atoms with Crippen molar-refractivity contribution in [3.63, 3.8) is 0 Å². The zero-order valence-corrected chi connectivity index (χ0v) is 31.5. The summed E-state index contributed by atoms with van der Waals surface area (Å²) in [6.45, 7) is 2.32. The summed E-state index contributed by atoms with van der Waals surface area (Å²) in [4.78, 5) is 18.7. The highest BCUT2D eigenvalue weighted by molar-refractivity contribution is 7.92. The van der Waals surface area contributed by atoms with Gasteiger partial charge in [-0.1, -0.05) is 23.6 Å². The van der Waals surface area contributed by atoms with Gasteiger partial charge in [0.2, 0.25) is 15.9 Å². The molecule has 5 aromatic rings. The largest absolute Gasteiger partial charge is 0.435 e. The Morgan fingerprint density at radius 2 is 1.71 bits per heavy atom. The first-order valence-electron chi connectivity index (χ1n) is 17.0. The number of pyridine rings is 1. The maximum absolute atomic E-state index is 14.5. The number of hydrogen-bond acceptors (Lipinski definition) is 7. The molecule has 11 nitrogen and oxygen atoms in total. The molecule has 0 saturated heterocycles. The molecule has 0 radical (unpaired) electrons. The lowest BCUT2D eigenvalue weighted by Crippen LogP contribution is -2.34. The lowest BCUT2D eigenvalue weighted by atomic mass is 9.93. The van der Waals surface area contributed by atoms with Crippen LogP contribution in [0.4, 0.5) is 27.8 Å². The predicted molar refractivity (Wildman–Crippen MR) is 195 cm³/mol. The summed E-state index contributed by atoms with van der Waals surface area (Å²) in [6.07, 6.45) is -2.43. The second kappa shape index (κ2) is 14.9. The van der Waals surface area contributed by atoms with Crippen LogP contribution >= 0.6 is 11.6 Å². The minimum Gasteiger partial charge on any atom is -0.378 e. The van der Waals surface area contributed by atoms with E-state index in [-0.39, 0.29) is 51.6 Å². The van der Waals surface area contributed by atoms with Gasteiger partial charge in [-0.2, -0.15) is 23.4 Å². The van der Waals surface area contributed by atoms with Crippen LogP contribution in [0, 0.1) is 23.5 Å². The highest BCUT2D eigenvalue weighted by Gasteiger charge is 2.40. The lowest BCUT2D eigenvalue weighted by Gasteiger charge is -2.23. The first kappa shape index (κ1) is 39.6. The Bertz CT molecular complexity index is 2480. The second-order valence-corrected chi connectivity index (χ2v) is 16.0. The number of fused-ring (bicyclic) bond motifs is 2. The minimum atomic E-state index is -4.73. The van der Waals surface area contributed by atoms with Gasteiger partial charge < -0.3 is 10.4 Å². The van der Waals surface area contributed by atoms with Crippen molar-refractivity contribution in [1.29, 1.82) is 0 Å². The topological polar surface area (TPSA) is 144 Å². The van der Waals surface area contributed by atoms with Crippen LogP contribution in [0.5, 0.6) is 0 Å². The van der Waals surface area contributed by atoms with E-state index in [1.807, 2.05) is 0 Å². The minimum absolute atomic E-state index is 0.0491. The molecule has 6 rings (SSSR count). The Hall–Kier alpha value is -5.05. The van der Waals surface area contributed by atoms with E-state index in [1.54, 1.807) is 25.2 Å². The molecule has 55 heavy (non-hydrogen) atoms. The van der Waals surface area contributed by atoms with Gasteiger partial charge in [-0.25, -0.2) is 22.2 Å². The highest BCUT2D eigenvalue weighted by atomic mass is 35.5.